The zero-order chi connectivity index (χ0) is 15.9. The monoisotopic (exact) mass is 428 g/mol. The number of nitrogens with zero attached hydrogens (tertiary/aromatic N) is 3. The number of halogens is 2. The second-order valence-electron chi connectivity index (χ2n) is 5.15. The van der Waals surface area contributed by atoms with Gasteiger partial charge < -0.3 is 10.2 Å². The SMILES string of the molecule is CN=C(NCc1ncccc1C)N(C)Cc1cccc(F)c1.I. The minimum Gasteiger partial charge on any atom is -0.351 e. The van der Waals surface area contributed by atoms with Gasteiger partial charge in [0.25, 0.3) is 0 Å². The van der Waals surface area contributed by atoms with Crippen molar-refractivity contribution in [2.75, 3.05) is 14.1 Å². The third-order valence-electron chi connectivity index (χ3n) is 3.41. The number of hydrogen-bond acceptors (Lipinski definition) is 2. The van der Waals surface area contributed by atoms with Crippen molar-refractivity contribution in [3.8, 4) is 0 Å². The molecule has 0 atom stereocenters. The molecule has 2 aromatic rings. The first-order valence-corrected chi connectivity index (χ1v) is 7.17. The lowest BCUT2D eigenvalue weighted by Gasteiger charge is -2.22. The maximum atomic E-state index is 13.2. The summed E-state index contributed by atoms with van der Waals surface area (Å²) in [7, 11) is 3.65. The van der Waals surface area contributed by atoms with Gasteiger partial charge in [0.1, 0.15) is 5.82 Å². The van der Waals surface area contributed by atoms with E-state index in [9.17, 15) is 4.39 Å². The lowest BCUT2D eigenvalue weighted by Crippen LogP contribution is -2.38. The van der Waals surface area contributed by atoms with Gasteiger partial charge in [-0.3, -0.25) is 9.98 Å². The molecule has 1 aromatic heterocycles. The maximum Gasteiger partial charge on any atom is 0.194 e. The fourth-order valence-corrected chi connectivity index (χ4v) is 2.24. The predicted octanol–water partition coefficient (Wildman–Crippen LogP) is 3.35. The second-order valence-corrected chi connectivity index (χ2v) is 5.15. The smallest absolute Gasteiger partial charge is 0.194 e. The van der Waals surface area contributed by atoms with Crippen molar-refractivity contribution >= 4 is 29.9 Å². The van der Waals surface area contributed by atoms with E-state index in [1.54, 1.807) is 19.3 Å². The van der Waals surface area contributed by atoms with E-state index in [4.69, 9.17) is 0 Å². The topological polar surface area (TPSA) is 40.5 Å². The van der Waals surface area contributed by atoms with E-state index in [0.29, 0.717) is 13.1 Å². The quantitative estimate of drug-likeness (QED) is 0.462. The van der Waals surface area contributed by atoms with Crippen LogP contribution in [0, 0.1) is 12.7 Å². The fourth-order valence-electron chi connectivity index (χ4n) is 2.24. The highest BCUT2D eigenvalue weighted by Gasteiger charge is 2.08. The summed E-state index contributed by atoms with van der Waals surface area (Å²) in [5.74, 6) is 0.521. The highest BCUT2D eigenvalue weighted by atomic mass is 127. The number of benzene rings is 1. The molecule has 0 aliphatic rings. The Morgan fingerprint density at radius 1 is 1.30 bits per heavy atom. The summed E-state index contributed by atoms with van der Waals surface area (Å²) in [5.41, 5.74) is 3.03. The summed E-state index contributed by atoms with van der Waals surface area (Å²) < 4.78 is 13.2. The van der Waals surface area contributed by atoms with Gasteiger partial charge >= 0.3 is 0 Å². The lowest BCUT2D eigenvalue weighted by molar-refractivity contribution is 0.474. The molecule has 1 heterocycles. The number of guanidine groups is 1. The second kappa shape index (κ2) is 9.44. The van der Waals surface area contributed by atoms with Crippen LogP contribution in [0.1, 0.15) is 16.8 Å². The van der Waals surface area contributed by atoms with Gasteiger partial charge in [0.15, 0.2) is 5.96 Å². The number of hydrogen-bond donors (Lipinski definition) is 1. The van der Waals surface area contributed by atoms with Gasteiger partial charge in [-0.05, 0) is 36.2 Å². The van der Waals surface area contributed by atoms with E-state index in [1.807, 2.05) is 37.1 Å². The van der Waals surface area contributed by atoms with E-state index in [2.05, 4.69) is 15.3 Å². The van der Waals surface area contributed by atoms with Gasteiger partial charge in [0.05, 0.1) is 12.2 Å². The summed E-state index contributed by atoms with van der Waals surface area (Å²) >= 11 is 0. The summed E-state index contributed by atoms with van der Waals surface area (Å²) in [6.45, 7) is 3.22. The van der Waals surface area contributed by atoms with E-state index in [-0.39, 0.29) is 29.8 Å². The number of aliphatic imine (C=N–C) groups is 1. The van der Waals surface area contributed by atoms with Crippen LogP contribution in [-0.2, 0) is 13.1 Å². The van der Waals surface area contributed by atoms with E-state index in [0.717, 1.165) is 22.8 Å². The molecule has 2 rings (SSSR count). The van der Waals surface area contributed by atoms with E-state index < -0.39 is 0 Å². The summed E-state index contributed by atoms with van der Waals surface area (Å²) in [4.78, 5) is 10.6. The minimum atomic E-state index is -0.224. The van der Waals surface area contributed by atoms with Crippen molar-refractivity contribution in [2.24, 2.45) is 4.99 Å². The number of rotatable bonds is 4. The Balaban J connectivity index is 0.00000264. The Hall–Kier alpha value is -1.70. The van der Waals surface area contributed by atoms with Crippen LogP contribution in [0.3, 0.4) is 0 Å². The largest absolute Gasteiger partial charge is 0.351 e. The van der Waals surface area contributed by atoms with E-state index >= 15 is 0 Å². The van der Waals surface area contributed by atoms with Crippen molar-refractivity contribution in [3.05, 3.63) is 65.2 Å². The third-order valence-corrected chi connectivity index (χ3v) is 3.41. The molecule has 0 spiro atoms. The molecule has 23 heavy (non-hydrogen) atoms. The molecule has 0 saturated heterocycles. The average molecular weight is 428 g/mol. The van der Waals surface area contributed by atoms with Crippen LogP contribution in [0.25, 0.3) is 0 Å². The zero-order valence-corrected chi connectivity index (χ0v) is 15.9. The van der Waals surface area contributed by atoms with Gasteiger partial charge in [-0.25, -0.2) is 4.39 Å². The summed E-state index contributed by atoms with van der Waals surface area (Å²) in [5, 5.41) is 3.28. The van der Waals surface area contributed by atoms with Gasteiger partial charge in [-0.2, -0.15) is 0 Å². The predicted molar refractivity (Wildman–Crippen MR) is 102 cm³/mol. The van der Waals surface area contributed by atoms with Crippen molar-refractivity contribution in [1.29, 1.82) is 0 Å². The molecule has 1 aromatic carbocycles. The van der Waals surface area contributed by atoms with Gasteiger partial charge in [-0.1, -0.05) is 18.2 Å². The first kappa shape index (κ1) is 19.3. The van der Waals surface area contributed by atoms with Crippen LogP contribution < -0.4 is 5.32 Å². The van der Waals surface area contributed by atoms with E-state index in [1.165, 1.54) is 12.1 Å². The molecule has 0 amide bonds. The molecular formula is C17H22FIN4. The van der Waals surface area contributed by atoms with Crippen LogP contribution in [0.15, 0.2) is 47.6 Å². The van der Waals surface area contributed by atoms with Crippen molar-refractivity contribution in [1.82, 2.24) is 15.2 Å². The molecule has 124 valence electrons. The standard InChI is InChI=1S/C17H21FN4.HI/c1-13-6-5-9-20-16(13)11-21-17(19-2)22(3)12-14-7-4-8-15(18)10-14;/h4-10H,11-12H2,1-3H3,(H,19,21);1H. The Labute approximate surface area is 153 Å². The van der Waals surface area contributed by atoms with Gasteiger partial charge in [0, 0.05) is 26.8 Å². The highest BCUT2D eigenvalue weighted by Crippen LogP contribution is 2.07. The molecule has 0 aliphatic heterocycles. The molecule has 0 fully saturated rings. The van der Waals surface area contributed by atoms with Crippen LogP contribution in [0.2, 0.25) is 0 Å². The van der Waals surface area contributed by atoms with Gasteiger partial charge in [0.2, 0.25) is 0 Å². The van der Waals surface area contributed by atoms with Crippen LogP contribution in [-0.4, -0.2) is 29.9 Å². The highest BCUT2D eigenvalue weighted by molar-refractivity contribution is 14.0. The molecule has 6 heteroatoms. The number of nitrogens with one attached hydrogen (secondary N) is 1. The third kappa shape index (κ3) is 5.78. The first-order valence-electron chi connectivity index (χ1n) is 7.17. The summed E-state index contributed by atoms with van der Waals surface area (Å²) in [6, 6.07) is 10.5. The van der Waals surface area contributed by atoms with Crippen molar-refractivity contribution in [3.63, 3.8) is 0 Å². The molecule has 0 saturated carbocycles. The Morgan fingerprint density at radius 2 is 2.09 bits per heavy atom. The molecule has 4 nitrogen and oxygen atoms in total. The number of aromatic nitrogens is 1. The van der Waals surface area contributed by atoms with Crippen molar-refractivity contribution < 1.29 is 4.39 Å². The number of pyridine rings is 1. The van der Waals surface area contributed by atoms with Gasteiger partial charge in [-0.15, -0.1) is 24.0 Å². The number of aryl methyl sites for hydroxylation is 1. The Kier molecular flexibility index (Phi) is 7.94. The molecule has 0 radical (unpaired) electrons. The Morgan fingerprint density at radius 3 is 2.74 bits per heavy atom. The minimum absolute atomic E-state index is 0. The van der Waals surface area contributed by atoms with Crippen LogP contribution >= 0.6 is 24.0 Å². The zero-order valence-electron chi connectivity index (χ0n) is 13.6. The first-order chi connectivity index (χ1) is 10.6. The molecule has 0 aliphatic carbocycles. The molecular weight excluding hydrogens is 406 g/mol. The van der Waals surface area contributed by atoms with Crippen LogP contribution in [0.4, 0.5) is 4.39 Å². The maximum absolute atomic E-state index is 13.2. The molecule has 1 N–H and O–H groups in total. The molecule has 0 unspecified atom stereocenters. The average Bonchev–Trinajstić information content (AvgIpc) is 2.49. The summed E-state index contributed by atoms with van der Waals surface area (Å²) in [6.07, 6.45) is 1.78. The van der Waals surface area contributed by atoms with Crippen LogP contribution in [0.5, 0.6) is 0 Å². The Bertz CT molecular complexity index is 661. The van der Waals surface area contributed by atoms with Crippen molar-refractivity contribution in [2.45, 2.75) is 20.0 Å². The lowest BCUT2D eigenvalue weighted by atomic mass is 10.2. The molecule has 0 bridgehead atoms. The normalized spacial score (nSPS) is 10.9. The fraction of sp³-hybridized carbons (Fsp3) is 0.294.